The maximum absolute atomic E-state index is 3.60. The smallest absolute Gasteiger partial charge is 1.00 e. The van der Waals surface area contributed by atoms with E-state index in [4.69, 9.17) is 0 Å². The van der Waals surface area contributed by atoms with Gasteiger partial charge in [-0.05, 0) is 0 Å². The molecule has 1 heterocycles. The van der Waals surface area contributed by atoms with E-state index in [1.807, 2.05) is 11.3 Å². The fourth-order valence-electron chi connectivity index (χ4n) is 3.54. The molecule has 0 nitrogen and oxygen atoms in total. The van der Waals surface area contributed by atoms with E-state index in [-0.39, 0.29) is 24.8 Å². The molecule has 0 radical (unpaired) electrons. The van der Waals surface area contributed by atoms with Gasteiger partial charge in [0.25, 0.3) is 0 Å². The van der Waals surface area contributed by atoms with Crippen LogP contribution in [0.1, 0.15) is 21.2 Å². The summed E-state index contributed by atoms with van der Waals surface area (Å²) in [5, 5.41) is 0. The first-order chi connectivity index (χ1) is 11.3. The topological polar surface area (TPSA) is 0 Å². The number of benzene rings is 1. The molecule has 0 fully saturated rings. The number of thiophene rings is 1. The van der Waals surface area contributed by atoms with Gasteiger partial charge in [0, 0.05) is 0 Å². The van der Waals surface area contributed by atoms with Crippen molar-refractivity contribution in [1.82, 2.24) is 0 Å². The van der Waals surface area contributed by atoms with Crippen molar-refractivity contribution >= 4 is 39.4 Å². The molecule has 5 rings (SSSR count). The monoisotopic (exact) mass is 524 g/mol. The molecular formula is C20H13BrCl2SZr. The quantitative estimate of drug-likeness (QED) is 0.387. The normalized spacial score (nSPS) is 17.8. The van der Waals surface area contributed by atoms with Crippen molar-refractivity contribution in [3.8, 4) is 11.1 Å². The van der Waals surface area contributed by atoms with Crippen LogP contribution in [0.15, 0.2) is 56.3 Å². The van der Waals surface area contributed by atoms with E-state index in [1.54, 1.807) is 8.84 Å². The van der Waals surface area contributed by atoms with Crippen molar-refractivity contribution in [2.75, 3.05) is 0 Å². The summed E-state index contributed by atoms with van der Waals surface area (Å²) in [5.74, 6) is 0. The van der Waals surface area contributed by atoms with Gasteiger partial charge in [0.2, 0.25) is 0 Å². The third-order valence-corrected chi connectivity index (χ3v) is 9.93. The maximum atomic E-state index is 3.60. The van der Waals surface area contributed by atoms with Gasteiger partial charge in [-0.1, -0.05) is 0 Å². The Labute approximate surface area is 183 Å². The van der Waals surface area contributed by atoms with E-state index in [2.05, 4.69) is 76.7 Å². The molecule has 0 bridgehead atoms. The Balaban J connectivity index is 0.000000911. The average Bonchev–Trinajstić information content (AvgIpc) is 3.21. The van der Waals surface area contributed by atoms with Crippen molar-refractivity contribution in [2.45, 2.75) is 10.0 Å². The van der Waals surface area contributed by atoms with Crippen molar-refractivity contribution in [3.05, 3.63) is 76.5 Å². The molecule has 0 amide bonds. The molecule has 3 aliphatic rings. The molecule has 0 saturated carbocycles. The number of allylic oxidation sites excluding steroid dienone is 6. The molecule has 124 valence electrons. The number of halogens is 3. The molecule has 0 aliphatic heterocycles. The Hall–Kier alpha value is -0.177. The van der Waals surface area contributed by atoms with Crippen LogP contribution < -0.4 is 33.9 Å². The summed E-state index contributed by atoms with van der Waals surface area (Å²) in [6.45, 7) is 0. The molecule has 0 spiro atoms. The van der Waals surface area contributed by atoms with Gasteiger partial charge in [-0.15, -0.1) is 0 Å². The molecule has 0 saturated heterocycles. The largest absolute Gasteiger partial charge is 1.00 e. The van der Waals surface area contributed by atoms with Crippen LogP contribution in [0.4, 0.5) is 0 Å². The van der Waals surface area contributed by atoms with Gasteiger partial charge in [0.15, 0.2) is 0 Å². The first-order valence-electron chi connectivity index (χ1n) is 7.75. The molecule has 1 aromatic carbocycles. The van der Waals surface area contributed by atoms with E-state index >= 15 is 0 Å². The number of fused-ring (bicyclic) bond motifs is 5. The van der Waals surface area contributed by atoms with Gasteiger partial charge in [0.05, 0.1) is 0 Å². The fraction of sp³-hybridized carbons (Fsp3) is 0.100. The minimum atomic E-state index is -0.609. The zero-order valence-electron chi connectivity index (χ0n) is 13.1. The first kappa shape index (κ1) is 19.6. The summed E-state index contributed by atoms with van der Waals surface area (Å²) in [7, 11) is 0. The average molecular weight is 527 g/mol. The van der Waals surface area contributed by atoms with Crippen LogP contribution in [0.2, 0.25) is 0 Å². The Morgan fingerprint density at radius 1 is 1.08 bits per heavy atom. The Morgan fingerprint density at radius 2 is 1.96 bits per heavy atom. The van der Waals surface area contributed by atoms with E-state index in [0.717, 1.165) is 4.47 Å². The Bertz CT molecular complexity index is 1050. The Morgan fingerprint density at radius 3 is 2.76 bits per heavy atom. The van der Waals surface area contributed by atoms with Crippen molar-refractivity contribution in [2.24, 2.45) is 0 Å². The predicted molar refractivity (Wildman–Crippen MR) is 98.5 cm³/mol. The molecule has 1 aromatic heterocycles. The van der Waals surface area contributed by atoms with Gasteiger partial charge in [-0.3, -0.25) is 0 Å². The molecule has 0 N–H and O–H groups in total. The van der Waals surface area contributed by atoms with Gasteiger partial charge in [-0.25, -0.2) is 0 Å². The van der Waals surface area contributed by atoms with Crippen LogP contribution in [0.3, 0.4) is 0 Å². The van der Waals surface area contributed by atoms with Crippen LogP contribution >= 0.6 is 27.3 Å². The summed E-state index contributed by atoms with van der Waals surface area (Å²) in [4.78, 5) is 0. The summed E-state index contributed by atoms with van der Waals surface area (Å²) < 4.78 is 6.49. The van der Waals surface area contributed by atoms with E-state index in [9.17, 15) is 0 Å². The van der Waals surface area contributed by atoms with E-state index in [1.165, 1.54) is 32.2 Å². The summed E-state index contributed by atoms with van der Waals surface area (Å²) in [6, 6.07) is 6.70. The van der Waals surface area contributed by atoms with Gasteiger partial charge >= 0.3 is 160 Å². The second kappa shape index (κ2) is 7.82. The number of rotatable bonds is 2. The zero-order chi connectivity index (χ0) is 15.4. The minimum absolute atomic E-state index is 0. The van der Waals surface area contributed by atoms with E-state index in [0.29, 0.717) is 3.63 Å². The molecule has 3 aliphatic carbocycles. The minimum Gasteiger partial charge on any atom is -1.00 e. The van der Waals surface area contributed by atoms with Gasteiger partial charge in [-0.2, -0.15) is 0 Å². The van der Waals surface area contributed by atoms with Crippen LogP contribution in [-0.4, -0.2) is 0 Å². The maximum Gasteiger partial charge on any atom is -1.00 e. The number of hydrogen-bond donors (Lipinski definition) is 0. The van der Waals surface area contributed by atoms with Gasteiger partial charge in [0.1, 0.15) is 0 Å². The third kappa shape index (κ3) is 3.39. The van der Waals surface area contributed by atoms with Crippen molar-refractivity contribution < 1.29 is 48.0 Å². The Kier molecular flexibility index (Phi) is 6.13. The van der Waals surface area contributed by atoms with Gasteiger partial charge < -0.3 is 24.8 Å². The van der Waals surface area contributed by atoms with Crippen molar-refractivity contribution in [1.29, 1.82) is 0 Å². The summed E-state index contributed by atoms with van der Waals surface area (Å²) in [6.07, 6.45) is 17.5. The third-order valence-electron chi connectivity index (χ3n) is 4.54. The van der Waals surface area contributed by atoms with Crippen LogP contribution in [-0.2, 0) is 23.2 Å². The molecule has 25 heavy (non-hydrogen) atoms. The molecule has 5 heteroatoms. The fourth-order valence-corrected chi connectivity index (χ4v) is 9.04. The van der Waals surface area contributed by atoms with Crippen LogP contribution in [0, 0.1) is 0 Å². The summed E-state index contributed by atoms with van der Waals surface area (Å²) >= 11 is 4.96. The van der Waals surface area contributed by atoms with Crippen molar-refractivity contribution in [3.63, 3.8) is 0 Å². The molecule has 1 atom stereocenters. The summed E-state index contributed by atoms with van der Waals surface area (Å²) in [5.41, 5.74) is 5.92. The predicted octanol–water partition coefficient (Wildman–Crippen LogP) is -1.35. The molecule has 2 aromatic rings. The SMILES string of the molecule is Brc1ccc2c(c1)C=c1sc3c(c1-2)[CH]([Zr+2][C]1=CC=CC1)C=CC=3.[Cl-].[Cl-]. The van der Waals surface area contributed by atoms with E-state index < -0.39 is 23.2 Å². The molecular weight excluding hydrogens is 514 g/mol. The number of hydrogen-bond acceptors (Lipinski definition) is 1. The second-order valence-electron chi connectivity index (χ2n) is 5.99. The standard InChI is InChI=1S/C15H8BrS.C5H5.2ClH.Zr/c16-10-5-6-11-9(7-10)8-14-15(11)12-3-1-2-4-13(12)17-14;1-2-4-5-3-1;;;/h1-8H;1-3H,4H2;2*1H;/q;;;;+2/p-2. The van der Waals surface area contributed by atoms with Crippen LogP contribution in [0.5, 0.6) is 0 Å². The first-order valence-corrected chi connectivity index (χ1v) is 12.0. The van der Waals surface area contributed by atoms with Crippen LogP contribution in [0.25, 0.3) is 23.3 Å². The zero-order valence-corrected chi connectivity index (χ0v) is 19.5. The molecule has 1 unspecified atom stereocenters. The second-order valence-corrected chi connectivity index (χ2v) is 11.8.